The largest absolute Gasteiger partial charge is 0.481 e. The van der Waals surface area contributed by atoms with Crippen molar-refractivity contribution in [2.45, 2.75) is 38.4 Å². The molecule has 0 atom stereocenters. The summed E-state index contributed by atoms with van der Waals surface area (Å²) in [6, 6.07) is 0. The molecule has 0 fully saturated rings. The zero-order valence-electron chi connectivity index (χ0n) is 9.23. The number of carbonyl (C=O) groups is 1. The maximum atomic E-state index is 10.2. The number of hydrogen-bond donors (Lipinski definition) is 2. The molecule has 0 aliphatic rings. The van der Waals surface area contributed by atoms with E-state index < -0.39 is 20.8 Å². The summed E-state index contributed by atoms with van der Waals surface area (Å²) >= 11 is 0. The third kappa shape index (κ3) is 11.0. The summed E-state index contributed by atoms with van der Waals surface area (Å²) in [4.78, 5) is 9.71. The van der Waals surface area contributed by atoms with Crippen molar-refractivity contribution in [3.63, 3.8) is 0 Å². The van der Waals surface area contributed by atoms with Crippen LogP contribution in [0.15, 0.2) is 12.7 Å². The summed E-state index contributed by atoms with van der Waals surface area (Å²) in [6.45, 7) is 7.67. The average Bonchev–Trinajstić information content (AvgIpc) is 1.98. The van der Waals surface area contributed by atoms with E-state index in [1.165, 1.54) is 20.8 Å². The molecule has 2 N–H and O–H groups in total. The Kier molecular flexibility index (Phi) is 7.25. The molecule has 0 heterocycles. The quantitative estimate of drug-likeness (QED) is 0.577. The third-order valence-electron chi connectivity index (χ3n) is 1.34. The molecule has 0 saturated heterocycles. The van der Waals surface area contributed by atoms with Crippen LogP contribution in [-0.2, 0) is 14.9 Å². The monoisotopic (exact) mass is 238 g/mol. The van der Waals surface area contributed by atoms with Gasteiger partial charge in [-0.25, -0.2) is 0 Å². The molecule has 15 heavy (non-hydrogen) atoms. The predicted octanol–water partition coefficient (Wildman–Crippen LogP) is 1.71. The van der Waals surface area contributed by atoms with E-state index in [-0.39, 0.29) is 6.42 Å². The standard InChI is InChI=1S/C5H8O2.C4H10O3S/c1-2-3-4-5(6)7;1-4(2,3)8(5,6)7/h2H,1,3-4H2,(H,6,7);1-3H3,(H,5,6,7). The zero-order valence-corrected chi connectivity index (χ0v) is 10.0. The van der Waals surface area contributed by atoms with E-state index in [0.29, 0.717) is 6.42 Å². The average molecular weight is 238 g/mol. The van der Waals surface area contributed by atoms with Crippen LogP contribution in [0.3, 0.4) is 0 Å². The summed E-state index contributed by atoms with van der Waals surface area (Å²) in [5, 5.41) is 8.00. The second kappa shape index (κ2) is 6.58. The SMILES string of the molecule is C=CCCC(=O)O.CC(C)(C)S(=O)(=O)O. The van der Waals surface area contributed by atoms with E-state index in [4.69, 9.17) is 9.66 Å². The molecule has 0 aromatic heterocycles. The highest BCUT2D eigenvalue weighted by atomic mass is 32.2. The summed E-state index contributed by atoms with van der Waals surface area (Å²) in [7, 11) is -3.84. The molecule has 5 nitrogen and oxygen atoms in total. The molecule has 0 aliphatic carbocycles. The molecule has 0 amide bonds. The van der Waals surface area contributed by atoms with Crippen LogP contribution in [0.5, 0.6) is 0 Å². The molecule has 0 saturated carbocycles. The minimum Gasteiger partial charge on any atom is -0.481 e. The first-order chi connectivity index (χ1) is 6.52. The highest BCUT2D eigenvalue weighted by Gasteiger charge is 2.25. The van der Waals surface area contributed by atoms with Crippen molar-refractivity contribution in [3.8, 4) is 0 Å². The number of hydrogen-bond acceptors (Lipinski definition) is 3. The van der Waals surface area contributed by atoms with Gasteiger partial charge < -0.3 is 5.11 Å². The van der Waals surface area contributed by atoms with Gasteiger partial charge in [-0.15, -0.1) is 6.58 Å². The third-order valence-corrected chi connectivity index (χ3v) is 2.88. The van der Waals surface area contributed by atoms with Gasteiger partial charge in [-0.2, -0.15) is 8.42 Å². The predicted molar refractivity (Wildman–Crippen MR) is 58.4 cm³/mol. The Labute approximate surface area is 90.6 Å². The lowest BCUT2D eigenvalue weighted by molar-refractivity contribution is -0.136. The van der Waals surface area contributed by atoms with Gasteiger partial charge in [-0.3, -0.25) is 9.35 Å². The van der Waals surface area contributed by atoms with Gasteiger partial charge >= 0.3 is 5.97 Å². The highest BCUT2D eigenvalue weighted by molar-refractivity contribution is 7.87. The minimum atomic E-state index is -3.84. The van der Waals surface area contributed by atoms with Crippen molar-refractivity contribution in [1.29, 1.82) is 0 Å². The van der Waals surface area contributed by atoms with Crippen LogP contribution in [0, 0.1) is 0 Å². The minimum absolute atomic E-state index is 0.198. The van der Waals surface area contributed by atoms with Crippen molar-refractivity contribution < 1.29 is 22.9 Å². The molecule has 0 unspecified atom stereocenters. The lowest BCUT2D eigenvalue weighted by Crippen LogP contribution is -2.26. The number of aliphatic carboxylic acids is 1. The molecule has 0 aromatic rings. The van der Waals surface area contributed by atoms with Crippen LogP contribution in [-0.4, -0.2) is 28.8 Å². The fourth-order valence-corrected chi connectivity index (χ4v) is 0.226. The second-order valence-corrected chi connectivity index (χ2v) is 5.98. The Balaban J connectivity index is 0. The Morgan fingerprint density at radius 2 is 1.73 bits per heavy atom. The zero-order chi connectivity index (χ0) is 12.7. The Morgan fingerprint density at radius 3 is 1.80 bits per heavy atom. The first kappa shape index (κ1) is 16.5. The van der Waals surface area contributed by atoms with Crippen molar-refractivity contribution in [2.75, 3.05) is 0 Å². The lowest BCUT2D eigenvalue weighted by Gasteiger charge is -2.12. The molecule has 90 valence electrons. The van der Waals surface area contributed by atoms with E-state index in [0.717, 1.165) is 0 Å². The van der Waals surface area contributed by atoms with Crippen LogP contribution in [0.4, 0.5) is 0 Å². The Bertz CT molecular complexity index is 297. The van der Waals surface area contributed by atoms with Crippen molar-refractivity contribution in [3.05, 3.63) is 12.7 Å². The maximum Gasteiger partial charge on any atom is 0.303 e. The van der Waals surface area contributed by atoms with Crippen LogP contribution < -0.4 is 0 Å². The number of carboxylic acid groups (broad SMARTS) is 1. The van der Waals surface area contributed by atoms with Gasteiger partial charge in [0, 0.05) is 6.42 Å². The number of rotatable bonds is 3. The molecule has 0 aromatic carbocycles. The molecule has 0 aliphatic heterocycles. The van der Waals surface area contributed by atoms with Crippen LogP contribution in [0.25, 0.3) is 0 Å². The maximum absolute atomic E-state index is 10.2. The molecular formula is C9H18O5S. The van der Waals surface area contributed by atoms with E-state index in [1.807, 2.05) is 0 Å². The van der Waals surface area contributed by atoms with Gasteiger partial charge in [-0.1, -0.05) is 6.08 Å². The summed E-state index contributed by atoms with van der Waals surface area (Å²) in [5.74, 6) is -0.764. The summed E-state index contributed by atoms with van der Waals surface area (Å²) in [6.07, 6.45) is 2.35. The topological polar surface area (TPSA) is 91.7 Å². The second-order valence-electron chi connectivity index (χ2n) is 3.81. The fraction of sp³-hybridized carbons (Fsp3) is 0.667. The van der Waals surface area contributed by atoms with E-state index in [9.17, 15) is 13.2 Å². The van der Waals surface area contributed by atoms with Crippen LogP contribution in [0.2, 0.25) is 0 Å². The van der Waals surface area contributed by atoms with Crippen LogP contribution >= 0.6 is 0 Å². The summed E-state index contributed by atoms with van der Waals surface area (Å²) in [5.41, 5.74) is 0. The Hall–Kier alpha value is -0.880. The smallest absolute Gasteiger partial charge is 0.303 e. The van der Waals surface area contributed by atoms with Crippen molar-refractivity contribution >= 4 is 16.1 Å². The van der Waals surface area contributed by atoms with E-state index >= 15 is 0 Å². The van der Waals surface area contributed by atoms with Crippen LogP contribution in [0.1, 0.15) is 33.6 Å². The number of allylic oxidation sites excluding steroid dienone is 1. The molecule has 0 rings (SSSR count). The fourth-order valence-electron chi connectivity index (χ4n) is 0.226. The van der Waals surface area contributed by atoms with Gasteiger partial charge in [0.15, 0.2) is 0 Å². The Morgan fingerprint density at radius 1 is 1.40 bits per heavy atom. The normalized spacial score (nSPS) is 11.2. The molecule has 6 heteroatoms. The molecule has 0 radical (unpaired) electrons. The first-order valence-electron chi connectivity index (χ1n) is 4.32. The van der Waals surface area contributed by atoms with Gasteiger partial charge in [0.25, 0.3) is 10.1 Å². The first-order valence-corrected chi connectivity index (χ1v) is 5.76. The van der Waals surface area contributed by atoms with Gasteiger partial charge in [0.2, 0.25) is 0 Å². The number of carboxylic acids is 1. The van der Waals surface area contributed by atoms with Gasteiger partial charge in [-0.05, 0) is 27.2 Å². The van der Waals surface area contributed by atoms with Gasteiger partial charge in [0.1, 0.15) is 0 Å². The van der Waals surface area contributed by atoms with Crippen molar-refractivity contribution in [1.82, 2.24) is 0 Å². The van der Waals surface area contributed by atoms with Gasteiger partial charge in [0.05, 0.1) is 4.75 Å². The van der Waals surface area contributed by atoms with E-state index in [2.05, 4.69) is 6.58 Å². The molecular weight excluding hydrogens is 220 g/mol. The lowest BCUT2D eigenvalue weighted by atomic mass is 10.3. The van der Waals surface area contributed by atoms with Crippen molar-refractivity contribution in [2.24, 2.45) is 0 Å². The molecule has 0 bridgehead atoms. The highest BCUT2D eigenvalue weighted by Crippen LogP contribution is 2.11. The summed E-state index contributed by atoms with van der Waals surface area (Å²) < 4.78 is 27.7. The van der Waals surface area contributed by atoms with E-state index in [1.54, 1.807) is 6.08 Å². The molecule has 0 spiro atoms.